The van der Waals surface area contributed by atoms with Crippen LogP contribution < -0.4 is 11.3 Å². The standard InChI is InChI=1S/C19H22N2OS/c1-12(7-17-8-14(3)18(20)9-13(17)2)11-23-15(4)16-5-6-19(22)21-10-16/h5-6,8-11H,4,7,20H2,1-3H3,(H,21,22)/b12-11+. The molecule has 2 aromatic rings. The van der Waals surface area contributed by atoms with Crippen molar-refractivity contribution in [2.45, 2.75) is 27.2 Å². The second kappa shape index (κ2) is 7.38. The lowest BCUT2D eigenvalue weighted by Gasteiger charge is -2.10. The number of benzene rings is 1. The minimum Gasteiger partial charge on any atom is -0.399 e. The van der Waals surface area contributed by atoms with E-state index < -0.39 is 0 Å². The third-order valence-corrected chi connectivity index (χ3v) is 4.74. The quantitative estimate of drug-likeness (QED) is 0.799. The van der Waals surface area contributed by atoms with Gasteiger partial charge in [-0.2, -0.15) is 0 Å². The van der Waals surface area contributed by atoms with Crippen LogP contribution in [0.5, 0.6) is 0 Å². The fourth-order valence-electron chi connectivity index (χ4n) is 2.25. The summed E-state index contributed by atoms with van der Waals surface area (Å²) in [6, 6.07) is 7.48. The number of thioether (sulfide) groups is 1. The molecule has 0 atom stereocenters. The number of allylic oxidation sites excluding steroid dienone is 1. The largest absolute Gasteiger partial charge is 0.399 e. The smallest absolute Gasteiger partial charge is 0.247 e. The van der Waals surface area contributed by atoms with Crippen molar-refractivity contribution in [1.29, 1.82) is 0 Å². The number of nitrogens with one attached hydrogen (secondary N) is 1. The van der Waals surface area contributed by atoms with E-state index in [0.29, 0.717) is 0 Å². The molecule has 120 valence electrons. The first kappa shape index (κ1) is 17.2. The van der Waals surface area contributed by atoms with Gasteiger partial charge < -0.3 is 10.7 Å². The number of nitrogen functional groups attached to an aromatic ring is 1. The number of nitrogens with two attached hydrogens (primary N) is 1. The van der Waals surface area contributed by atoms with Crippen molar-refractivity contribution in [3.8, 4) is 0 Å². The predicted octanol–water partition coefficient (Wildman–Crippen LogP) is 4.42. The van der Waals surface area contributed by atoms with Gasteiger partial charge in [0, 0.05) is 28.4 Å². The van der Waals surface area contributed by atoms with Gasteiger partial charge in [0.05, 0.1) is 0 Å². The van der Waals surface area contributed by atoms with E-state index in [-0.39, 0.29) is 5.56 Å². The van der Waals surface area contributed by atoms with Crippen molar-refractivity contribution in [2.24, 2.45) is 0 Å². The molecular formula is C19H22N2OS. The lowest BCUT2D eigenvalue weighted by Crippen LogP contribution is -2.01. The monoisotopic (exact) mass is 326 g/mol. The molecule has 0 spiro atoms. The minimum atomic E-state index is -0.104. The highest BCUT2D eigenvalue weighted by molar-refractivity contribution is 8.10. The summed E-state index contributed by atoms with van der Waals surface area (Å²) in [6.07, 6.45) is 2.58. The van der Waals surface area contributed by atoms with Gasteiger partial charge >= 0.3 is 0 Å². The SMILES string of the molecule is C=C(S/C=C(\C)Cc1cc(C)c(N)cc1C)c1ccc(=O)[nH]c1. The van der Waals surface area contributed by atoms with Gasteiger partial charge in [0.15, 0.2) is 0 Å². The number of aromatic nitrogens is 1. The fraction of sp³-hybridized carbons (Fsp3) is 0.211. The molecule has 3 N–H and O–H groups in total. The van der Waals surface area contributed by atoms with Crippen molar-refractivity contribution < 1.29 is 0 Å². The van der Waals surface area contributed by atoms with Gasteiger partial charge in [0.1, 0.15) is 0 Å². The zero-order valence-corrected chi connectivity index (χ0v) is 14.6. The van der Waals surface area contributed by atoms with E-state index in [9.17, 15) is 4.79 Å². The number of H-pyrrole nitrogens is 1. The summed E-state index contributed by atoms with van der Waals surface area (Å²) in [5, 5.41) is 2.11. The Balaban J connectivity index is 2.06. The molecule has 23 heavy (non-hydrogen) atoms. The zero-order valence-electron chi connectivity index (χ0n) is 13.8. The third kappa shape index (κ3) is 4.63. The van der Waals surface area contributed by atoms with E-state index in [1.54, 1.807) is 24.0 Å². The molecule has 1 aromatic carbocycles. The minimum absolute atomic E-state index is 0.104. The van der Waals surface area contributed by atoms with Gasteiger partial charge in [-0.25, -0.2) is 0 Å². The summed E-state index contributed by atoms with van der Waals surface area (Å²) in [6.45, 7) is 10.3. The van der Waals surface area contributed by atoms with Gasteiger partial charge in [-0.05, 0) is 61.4 Å². The van der Waals surface area contributed by atoms with Gasteiger partial charge in [0.25, 0.3) is 0 Å². The number of anilines is 1. The van der Waals surface area contributed by atoms with E-state index in [4.69, 9.17) is 5.73 Å². The fourth-order valence-corrected chi connectivity index (χ4v) is 2.94. The van der Waals surface area contributed by atoms with Crippen LogP contribution in [0.15, 0.2) is 52.8 Å². The molecule has 3 nitrogen and oxygen atoms in total. The molecule has 0 saturated heterocycles. The van der Waals surface area contributed by atoms with E-state index in [1.165, 1.54) is 22.8 Å². The molecule has 1 aromatic heterocycles. The van der Waals surface area contributed by atoms with Crippen molar-refractivity contribution in [2.75, 3.05) is 5.73 Å². The first-order valence-corrected chi connectivity index (χ1v) is 8.30. The van der Waals surface area contributed by atoms with Crippen LogP contribution >= 0.6 is 11.8 Å². The maximum atomic E-state index is 11.1. The Bertz CT molecular complexity index is 798. The molecule has 0 aliphatic carbocycles. The average Bonchev–Trinajstić information content (AvgIpc) is 2.51. The second-order valence-corrected chi connectivity index (χ2v) is 6.72. The number of aryl methyl sites for hydroxylation is 2. The molecule has 0 aliphatic rings. The van der Waals surface area contributed by atoms with Crippen LogP contribution in [0.4, 0.5) is 5.69 Å². The molecule has 1 heterocycles. The number of pyridine rings is 1. The number of rotatable bonds is 5. The topological polar surface area (TPSA) is 58.9 Å². The summed E-state index contributed by atoms with van der Waals surface area (Å²) >= 11 is 1.57. The summed E-state index contributed by atoms with van der Waals surface area (Å²) in [5.74, 6) is 0. The Morgan fingerprint density at radius 1 is 1.30 bits per heavy atom. The van der Waals surface area contributed by atoms with Crippen LogP contribution in [0.1, 0.15) is 29.2 Å². The van der Waals surface area contributed by atoms with Crippen molar-refractivity contribution in [3.05, 3.63) is 80.6 Å². The van der Waals surface area contributed by atoms with Gasteiger partial charge in [0.2, 0.25) is 5.56 Å². The Kier molecular flexibility index (Phi) is 5.50. The highest BCUT2D eigenvalue weighted by Crippen LogP contribution is 2.28. The molecule has 0 fully saturated rings. The third-order valence-electron chi connectivity index (χ3n) is 3.70. The molecule has 0 radical (unpaired) electrons. The normalized spacial score (nSPS) is 11.5. The molecule has 0 aliphatic heterocycles. The van der Waals surface area contributed by atoms with E-state index in [0.717, 1.165) is 28.1 Å². The Hall–Kier alpha value is -2.20. The molecule has 0 unspecified atom stereocenters. The Morgan fingerprint density at radius 3 is 2.70 bits per heavy atom. The van der Waals surface area contributed by atoms with Gasteiger partial charge in [-0.3, -0.25) is 4.79 Å². The Labute approximate surface area is 141 Å². The molecule has 0 amide bonds. The zero-order chi connectivity index (χ0) is 17.0. The van der Waals surface area contributed by atoms with Crippen LogP contribution in [-0.4, -0.2) is 4.98 Å². The van der Waals surface area contributed by atoms with Crippen LogP contribution in [-0.2, 0) is 6.42 Å². The summed E-state index contributed by atoms with van der Waals surface area (Å²) in [5.41, 5.74) is 12.5. The summed E-state index contributed by atoms with van der Waals surface area (Å²) in [4.78, 5) is 14.7. The van der Waals surface area contributed by atoms with E-state index in [2.05, 4.69) is 36.9 Å². The van der Waals surface area contributed by atoms with Gasteiger partial charge in [-0.1, -0.05) is 30.0 Å². The first-order valence-electron chi connectivity index (χ1n) is 7.42. The van der Waals surface area contributed by atoms with E-state index >= 15 is 0 Å². The number of hydrogen-bond donors (Lipinski definition) is 2. The highest BCUT2D eigenvalue weighted by Gasteiger charge is 2.04. The molecular weight excluding hydrogens is 304 g/mol. The number of aromatic amines is 1. The van der Waals surface area contributed by atoms with E-state index in [1.807, 2.05) is 13.0 Å². The molecule has 4 heteroatoms. The van der Waals surface area contributed by atoms with Crippen LogP contribution in [0.3, 0.4) is 0 Å². The predicted molar refractivity (Wildman–Crippen MR) is 101 cm³/mol. The lowest BCUT2D eigenvalue weighted by molar-refractivity contribution is 1.11. The van der Waals surface area contributed by atoms with Gasteiger partial charge in [-0.15, -0.1) is 0 Å². The first-order chi connectivity index (χ1) is 10.9. The molecule has 2 rings (SSSR count). The number of hydrogen-bond acceptors (Lipinski definition) is 3. The van der Waals surface area contributed by atoms with Crippen molar-refractivity contribution >= 4 is 22.4 Å². The van der Waals surface area contributed by atoms with Crippen LogP contribution in [0, 0.1) is 13.8 Å². The lowest BCUT2D eigenvalue weighted by atomic mass is 9.99. The average molecular weight is 326 g/mol. The van der Waals surface area contributed by atoms with Crippen LogP contribution in [0.2, 0.25) is 0 Å². The maximum Gasteiger partial charge on any atom is 0.247 e. The van der Waals surface area contributed by atoms with Crippen molar-refractivity contribution in [3.63, 3.8) is 0 Å². The second-order valence-electron chi connectivity index (χ2n) is 5.76. The Morgan fingerprint density at radius 2 is 2.04 bits per heavy atom. The molecule has 0 saturated carbocycles. The summed E-state index contributed by atoms with van der Waals surface area (Å²) < 4.78 is 0. The van der Waals surface area contributed by atoms with Crippen molar-refractivity contribution in [1.82, 2.24) is 4.98 Å². The summed E-state index contributed by atoms with van der Waals surface area (Å²) in [7, 11) is 0. The maximum absolute atomic E-state index is 11.1. The molecule has 0 bridgehead atoms. The van der Waals surface area contributed by atoms with Crippen LogP contribution in [0.25, 0.3) is 4.91 Å². The highest BCUT2D eigenvalue weighted by atomic mass is 32.2.